The molecule has 5 heteroatoms. The number of hydrogen-bond acceptors (Lipinski definition) is 2. The van der Waals surface area contributed by atoms with Crippen LogP contribution in [0.4, 0.5) is 5.69 Å². The molecule has 0 spiro atoms. The maximum Gasteiger partial charge on any atom is 0.243 e. The number of benzene rings is 2. The van der Waals surface area contributed by atoms with Crippen LogP contribution in [0.25, 0.3) is 0 Å². The van der Waals surface area contributed by atoms with Crippen LogP contribution in [0.15, 0.2) is 42.5 Å². The largest absolute Gasteiger partial charge is 0.336 e. The maximum atomic E-state index is 13.0. The normalized spacial score (nSPS) is 14.6. The molecule has 2 amide bonds. The maximum absolute atomic E-state index is 13.0. The number of carbonyl (C=O) groups excluding carboxylic acids is 2. The molecule has 3 rings (SSSR count). The number of nitrogens with one attached hydrogen (secondary N) is 1. The van der Waals surface area contributed by atoms with E-state index in [-0.39, 0.29) is 18.4 Å². The second-order valence-corrected chi connectivity index (χ2v) is 7.49. The highest BCUT2D eigenvalue weighted by Gasteiger charge is 2.52. The first-order valence-corrected chi connectivity index (χ1v) is 9.09. The van der Waals surface area contributed by atoms with E-state index >= 15 is 0 Å². The molecule has 2 aromatic carbocycles. The number of anilines is 1. The minimum Gasteiger partial charge on any atom is -0.336 e. The number of hydrogen-bond donors (Lipinski definition) is 1. The van der Waals surface area contributed by atoms with Gasteiger partial charge < -0.3 is 10.2 Å². The molecule has 1 N–H and O–H groups in total. The van der Waals surface area contributed by atoms with E-state index in [2.05, 4.69) is 5.32 Å². The summed E-state index contributed by atoms with van der Waals surface area (Å²) in [6.45, 7) is 4.00. The Kier molecular flexibility index (Phi) is 5.05. The van der Waals surface area contributed by atoms with Crippen LogP contribution in [0.3, 0.4) is 0 Å². The van der Waals surface area contributed by atoms with E-state index in [1.165, 1.54) is 4.90 Å². The number of carbonyl (C=O) groups is 2. The Morgan fingerprint density at radius 2 is 1.85 bits per heavy atom. The lowest BCUT2D eigenvalue weighted by atomic mass is 9.94. The molecule has 1 aliphatic carbocycles. The smallest absolute Gasteiger partial charge is 0.243 e. The van der Waals surface area contributed by atoms with Gasteiger partial charge in [-0.25, -0.2) is 0 Å². The van der Waals surface area contributed by atoms with Gasteiger partial charge in [0.1, 0.15) is 0 Å². The van der Waals surface area contributed by atoms with Gasteiger partial charge in [-0.15, -0.1) is 0 Å². The van der Waals surface area contributed by atoms with Crippen molar-refractivity contribution in [3.8, 4) is 0 Å². The first kappa shape index (κ1) is 18.5. The highest BCUT2D eigenvalue weighted by atomic mass is 35.5. The van der Waals surface area contributed by atoms with Gasteiger partial charge in [0.25, 0.3) is 0 Å². The Bertz CT molecular complexity index is 859. The van der Waals surface area contributed by atoms with Crippen LogP contribution in [-0.2, 0) is 15.0 Å². The Balaban J connectivity index is 1.68. The predicted octanol–water partition coefficient (Wildman–Crippen LogP) is 4.09. The van der Waals surface area contributed by atoms with Crippen molar-refractivity contribution < 1.29 is 9.59 Å². The van der Waals surface area contributed by atoms with Gasteiger partial charge in [-0.05, 0) is 61.6 Å². The fraction of sp³-hybridized carbons (Fsp3) is 0.333. The third kappa shape index (κ3) is 3.61. The van der Waals surface area contributed by atoms with Crippen LogP contribution in [0.5, 0.6) is 0 Å². The molecule has 0 unspecified atom stereocenters. The summed E-state index contributed by atoms with van der Waals surface area (Å²) in [5.41, 5.74) is 3.33. The molecule has 0 atom stereocenters. The molecule has 0 radical (unpaired) electrons. The van der Waals surface area contributed by atoms with E-state index in [0.29, 0.717) is 5.02 Å². The molecule has 1 aliphatic rings. The summed E-state index contributed by atoms with van der Waals surface area (Å²) >= 11 is 6.08. The second kappa shape index (κ2) is 7.12. The Labute approximate surface area is 159 Å². The summed E-state index contributed by atoms with van der Waals surface area (Å²) in [5.74, 6) is -0.229. The van der Waals surface area contributed by atoms with Gasteiger partial charge in [0, 0.05) is 17.8 Å². The molecule has 0 saturated heterocycles. The van der Waals surface area contributed by atoms with Crippen LogP contribution in [0, 0.1) is 13.8 Å². The molecule has 0 aromatic heterocycles. The zero-order valence-corrected chi connectivity index (χ0v) is 16.1. The molecule has 1 saturated carbocycles. The molecule has 26 heavy (non-hydrogen) atoms. The lowest BCUT2D eigenvalue weighted by Gasteiger charge is -2.24. The minimum absolute atomic E-state index is 0.0224. The van der Waals surface area contributed by atoms with Gasteiger partial charge in [-0.3, -0.25) is 9.59 Å². The van der Waals surface area contributed by atoms with Crippen molar-refractivity contribution in [2.75, 3.05) is 18.9 Å². The van der Waals surface area contributed by atoms with Gasteiger partial charge in [0.15, 0.2) is 0 Å². The zero-order chi connectivity index (χ0) is 18.9. The zero-order valence-electron chi connectivity index (χ0n) is 15.3. The van der Waals surface area contributed by atoms with Crippen LogP contribution in [0.2, 0.25) is 5.02 Å². The van der Waals surface area contributed by atoms with E-state index in [0.717, 1.165) is 35.2 Å². The molecular weight excluding hydrogens is 348 g/mol. The van der Waals surface area contributed by atoms with Crippen LogP contribution < -0.4 is 5.32 Å². The molecule has 0 heterocycles. The van der Waals surface area contributed by atoms with E-state index in [1.54, 1.807) is 13.1 Å². The van der Waals surface area contributed by atoms with E-state index < -0.39 is 5.41 Å². The van der Waals surface area contributed by atoms with Gasteiger partial charge >= 0.3 is 0 Å². The molecule has 2 aromatic rings. The fourth-order valence-electron chi connectivity index (χ4n) is 3.27. The van der Waals surface area contributed by atoms with E-state index in [4.69, 9.17) is 11.6 Å². The molecule has 136 valence electrons. The summed E-state index contributed by atoms with van der Waals surface area (Å²) in [7, 11) is 1.68. The van der Waals surface area contributed by atoms with Crippen molar-refractivity contribution in [3.05, 3.63) is 64.2 Å². The minimum atomic E-state index is -0.529. The monoisotopic (exact) mass is 370 g/mol. The number of rotatable bonds is 5. The summed E-state index contributed by atoms with van der Waals surface area (Å²) in [4.78, 5) is 26.9. The van der Waals surface area contributed by atoms with Crippen LogP contribution >= 0.6 is 11.6 Å². The fourth-order valence-corrected chi connectivity index (χ4v) is 3.46. The third-order valence-corrected chi connectivity index (χ3v) is 5.38. The number of nitrogens with zero attached hydrogens (tertiary/aromatic N) is 1. The van der Waals surface area contributed by atoms with Crippen LogP contribution in [0.1, 0.15) is 29.5 Å². The number of aryl methyl sites for hydroxylation is 1. The second-order valence-electron chi connectivity index (χ2n) is 7.05. The molecule has 1 fully saturated rings. The van der Waals surface area contributed by atoms with Crippen molar-refractivity contribution in [1.29, 1.82) is 0 Å². The van der Waals surface area contributed by atoms with Gasteiger partial charge in [0.2, 0.25) is 11.8 Å². The van der Waals surface area contributed by atoms with Gasteiger partial charge in [0.05, 0.1) is 12.0 Å². The number of halogens is 1. The van der Waals surface area contributed by atoms with Crippen molar-refractivity contribution >= 4 is 29.1 Å². The van der Waals surface area contributed by atoms with Crippen molar-refractivity contribution in [3.63, 3.8) is 0 Å². The van der Waals surface area contributed by atoms with E-state index in [1.807, 2.05) is 50.2 Å². The number of amides is 2. The highest BCUT2D eigenvalue weighted by molar-refractivity contribution is 6.30. The molecular formula is C21H23ClN2O2. The average molecular weight is 371 g/mol. The van der Waals surface area contributed by atoms with Crippen molar-refractivity contribution in [2.45, 2.75) is 32.1 Å². The topological polar surface area (TPSA) is 49.4 Å². The first-order chi connectivity index (χ1) is 12.3. The summed E-state index contributed by atoms with van der Waals surface area (Å²) in [6, 6.07) is 13.2. The lowest BCUT2D eigenvalue weighted by Crippen LogP contribution is -2.41. The van der Waals surface area contributed by atoms with E-state index in [9.17, 15) is 9.59 Å². The standard InChI is InChI=1S/C21H23ClN2O2/c1-14-6-4-9-18(15(14)2)23-19(25)13-24(3)20(26)21(10-11-21)16-7-5-8-17(22)12-16/h4-9,12H,10-11,13H2,1-3H3,(H,23,25). The average Bonchev–Trinajstić information content (AvgIpc) is 3.40. The summed E-state index contributed by atoms with van der Waals surface area (Å²) < 4.78 is 0. The Morgan fingerprint density at radius 1 is 1.15 bits per heavy atom. The summed E-state index contributed by atoms with van der Waals surface area (Å²) in [6.07, 6.45) is 1.57. The Morgan fingerprint density at radius 3 is 2.50 bits per heavy atom. The molecule has 4 nitrogen and oxygen atoms in total. The van der Waals surface area contributed by atoms with Crippen LogP contribution in [-0.4, -0.2) is 30.3 Å². The van der Waals surface area contributed by atoms with Crippen molar-refractivity contribution in [2.24, 2.45) is 0 Å². The predicted molar refractivity (Wildman–Crippen MR) is 105 cm³/mol. The first-order valence-electron chi connectivity index (χ1n) is 8.71. The Hall–Kier alpha value is -2.33. The number of likely N-dealkylation sites (N-methyl/N-ethyl adjacent to an activating group) is 1. The highest BCUT2D eigenvalue weighted by Crippen LogP contribution is 2.49. The lowest BCUT2D eigenvalue weighted by molar-refractivity contribution is -0.135. The SMILES string of the molecule is Cc1cccc(NC(=O)CN(C)C(=O)C2(c3cccc(Cl)c3)CC2)c1C. The molecule has 0 aliphatic heterocycles. The third-order valence-electron chi connectivity index (χ3n) is 5.14. The van der Waals surface area contributed by atoms with Gasteiger partial charge in [-0.1, -0.05) is 35.9 Å². The quantitative estimate of drug-likeness (QED) is 0.861. The molecule has 0 bridgehead atoms. The van der Waals surface area contributed by atoms with Gasteiger partial charge in [-0.2, -0.15) is 0 Å². The summed E-state index contributed by atoms with van der Waals surface area (Å²) in [5, 5.41) is 3.53. The van der Waals surface area contributed by atoms with Crippen molar-refractivity contribution in [1.82, 2.24) is 4.90 Å².